The van der Waals surface area contributed by atoms with Crippen molar-refractivity contribution in [2.24, 2.45) is 5.92 Å². The van der Waals surface area contributed by atoms with Gasteiger partial charge in [0.2, 0.25) is 11.8 Å². The van der Waals surface area contributed by atoms with Crippen LogP contribution < -0.4 is 5.32 Å². The first-order chi connectivity index (χ1) is 13.4. The molecule has 1 aliphatic rings. The Hall–Kier alpha value is -3.09. The number of carbonyl (C=O) groups is 3. The van der Waals surface area contributed by atoms with Crippen molar-refractivity contribution in [2.45, 2.75) is 19.8 Å². The van der Waals surface area contributed by atoms with E-state index in [0.717, 1.165) is 5.56 Å². The van der Waals surface area contributed by atoms with Crippen molar-refractivity contribution in [3.8, 4) is 0 Å². The molecule has 2 aromatic rings. The summed E-state index contributed by atoms with van der Waals surface area (Å²) in [5, 5.41) is 2.80. The molecule has 0 unspecified atom stereocenters. The Labute approximate surface area is 164 Å². The Morgan fingerprint density at radius 1 is 1.14 bits per heavy atom. The molecule has 3 rings (SSSR count). The van der Waals surface area contributed by atoms with E-state index < -0.39 is 0 Å². The van der Waals surface area contributed by atoms with Crippen LogP contribution >= 0.6 is 0 Å². The molecule has 0 radical (unpaired) electrons. The number of likely N-dealkylation sites (N-methyl/N-ethyl adjacent to an activating group) is 1. The molecule has 7 nitrogen and oxygen atoms in total. The molecule has 0 atom stereocenters. The van der Waals surface area contributed by atoms with E-state index in [1.807, 2.05) is 31.2 Å². The number of hydrogen-bond donors (Lipinski definition) is 1. The summed E-state index contributed by atoms with van der Waals surface area (Å²) in [6.07, 6.45) is 4.08. The van der Waals surface area contributed by atoms with Gasteiger partial charge in [-0.05, 0) is 38.0 Å². The molecule has 1 N–H and O–H groups in total. The Kier molecular flexibility index (Phi) is 6.13. The van der Waals surface area contributed by atoms with Gasteiger partial charge in [-0.2, -0.15) is 0 Å². The lowest BCUT2D eigenvalue weighted by molar-refractivity contribution is -0.138. The van der Waals surface area contributed by atoms with Gasteiger partial charge in [0, 0.05) is 31.7 Å². The molecule has 148 valence electrons. The number of likely N-dealkylation sites (tertiary alicyclic amines) is 1. The normalized spacial score (nSPS) is 14.6. The molecule has 28 heavy (non-hydrogen) atoms. The molecular formula is C21H25N3O4. The number of furan rings is 1. The molecule has 1 aliphatic heterocycles. The third-order valence-corrected chi connectivity index (χ3v) is 4.99. The summed E-state index contributed by atoms with van der Waals surface area (Å²) in [5.74, 6) is -0.544. The topological polar surface area (TPSA) is 82.9 Å². The fraction of sp³-hybridized carbons (Fsp3) is 0.381. The molecule has 0 spiro atoms. The van der Waals surface area contributed by atoms with E-state index in [-0.39, 0.29) is 30.2 Å². The second-order valence-electron chi connectivity index (χ2n) is 7.19. The Balaban J connectivity index is 1.47. The van der Waals surface area contributed by atoms with E-state index in [9.17, 15) is 14.4 Å². The number of piperidine rings is 1. The lowest BCUT2D eigenvalue weighted by Gasteiger charge is -2.32. The van der Waals surface area contributed by atoms with Crippen LogP contribution in [0.1, 0.15) is 28.8 Å². The molecule has 2 heterocycles. The van der Waals surface area contributed by atoms with E-state index in [1.165, 1.54) is 17.4 Å². The highest BCUT2D eigenvalue weighted by Crippen LogP contribution is 2.21. The van der Waals surface area contributed by atoms with Gasteiger partial charge in [0.25, 0.3) is 5.91 Å². The number of aryl methyl sites for hydroxylation is 1. The highest BCUT2D eigenvalue weighted by Gasteiger charge is 2.30. The lowest BCUT2D eigenvalue weighted by atomic mass is 9.95. The first-order valence-electron chi connectivity index (χ1n) is 9.37. The zero-order valence-electron chi connectivity index (χ0n) is 16.2. The van der Waals surface area contributed by atoms with Gasteiger partial charge in [-0.15, -0.1) is 0 Å². The Morgan fingerprint density at radius 3 is 2.43 bits per heavy atom. The molecule has 1 fully saturated rings. The summed E-state index contributed by atoms with van der Waals surface area (Å²) in [5.41, 5.74) is 2.35. The predicted octanol–water partition coefficient (Wildman–Crippen LogP) is 2.54. The predicted molar refractivity (Wildman–Crippen MR) is 105 cm³/mol. The number of hydrogen-bond acceptors (Lipinski definition) is 4. The lowest BCUT2D eigenvalue weighted by Crippen LogP contribution is -2.45. The number of carbonyl (C=O) groups excluding carboxylic acids is 3. The van der Waals surface area contributed by atoms with Crippen LogP contribution in [0.5, 0.6) is 0 Å². The highest BCUT2D eigenvalue weighted by molar-refractivity contribution is 5.95. The summed E-state index contributed by atoms with van der Waals surface area (Å²) < 4.78 is 4.96. The molecule has 3 amide bonds. The smallest absolute Gasteiger partial charge is 0.257 e. The fourth-order valence-electron chi connectivity index (χ4n) is 3.34. The van der Waals surface area contributed by atoms with Crippen molar-refractivity contribution in [1.82, 2.24) is 9.80 Å². The van der Waals surface area contributed by atoms with Crippen molar-refractivity contribution in [3.63, 3.8) is 0 Å². The molecule has 1 aromatic heterocycles. The number of nitrogens with zero attached hydrogens (tertiary/aromatic N) is 2. The van der Waals surface area contributed by atoms with E-state index in [0.29, 0.717) is 37.2 Å². The molecule has 7 heteroatoms. The quantitative estimate of drug-likeness (QED) is 0.860. The van der Waals surface area contributed by atoms with Crippen LogP contribution in [0.3, 0.4) is 0 Å². The second kappa shape index (κ2) is 8.73. The van der Waals surface area contributed by atoms with E-state index in [1.54, 1.807) is 18.0 Å². The summed E-state index contributed by atoms with van der Waals surface area (Å²) in [6.45, 7) is 3.01. The van der Waals surface area contributed by atoms with E-state index in [2.05, 4.69) is 5.32 Å². The van der Waals surface area contributed by atoms with Gasteiger partial charge in [0.15, 0.2) is 0 Å². The van der Waals surface area contributed by atoms with Gasteiger partial charge < -0.3 is 19.5 Å². The first kappa shape index (κ1) is 19.7. The van der Waals surface area contributed by atoms with Gasteiger partial charge >= 0.3 is 0 Å². The van der Waals surface area contributed by atoms with Gasteiger partial charge in [-0.25, -0.2) is 0 Å². The van der Waals surface area contributed by atoms with Gasteiger partial charge in [-0.1, -0.05) is 17.7 Å². The summed E-state index contributed by atoms with van der Waals surface area (Å²) in [4.78, 5) is 40.4. The summed E-state index contributed by atoms with van der Waals surface area (Å²) in [6, 6.07) is 9.15. The summed E-state index contributed by atoms with van der Waals surface area (Å²) in [7, 11) is 1.64. The maximum absolute atomic E-state index is 12.7. The van der Waals surface area contributed by atoms with Crippen molar-refractivity contribution in [2.75, 3.05) is 32.0 Å². The first-order valence-corrected chi connectivity index (χ1v) is 9.37. The van der Waals surface area contributed by atoms with Gasteiger partial charge in [-0.3, -0.25) is 14.4 Å². The highest BCUT2D eigenvalue weighted by atomic mass is 16.3. The number of benzene rings is 1. The molecule has 0 bridgehead atoms. The maximum atomic E-state index is 12.7. The summed E-state index contributed by atoms with van der Waals surface area (Å²) >= 11 is 0. The van der Waals surface area contributed by atoms with Crippen LogP contribution in [0, 0.1) is 12.8 Å². The van der Waals surface area contributed by atoms with Gasteiger partial charge in [0.1, 0.15) is 6.26 Å². The largest absolute Gasteiger partial charge is 0.472 e. The van der Waals surface area contributed by atoms with Crippen molar-refractivity contribution in [3.05, 3.63) is 54.0 Å². The van der Waals surface area contributed by atoms with E-state index in [4.69, 9.17) is 4.42 Å². The molecule has 0 aliphatic carbocycles. The fourth-order valence-corrected chi connectivity index (χ4v) is 3.34. The van der Waals surface area contributed by atoms with E-state index >= 15 is 0 Å². The number of amides is 3. The van der Waals surface area contributed by atoms with Crippen LogP contribution in [0.25, 0.3) is 0 Å². The third kappa shape index (κ3) is 4.79. The maximum Gasteiger partial charge on any atom is 0.257 e. The molecule has 1 aromatic carbocycles. The van der Waals surface area contributed by atoms with Crippen molar-refractivity contribution >= 4 is 23.4 Å². The molecule has 1 saturated heterocycles. The standard InChI is InChI=1S/C21H25N3O4/c1-15-3-5-18(6-4-15)22-19(25)13-23(2)20(26)16-7-10-24(11-8-16)21(27)17-9-12-28-14-17/h3-6,9,12,14,16H,7-8,10-11,13H2,1-2H3,(H,22,25). The number of anilines is 1. The van der Waals surface area contributed by atoms with Crippen LogP contribution in [0.2, 0.25) is 0 Å². The van der Waals surface area contributed by atoms with Crippen molar-refractivity contribution in [1.29, 1.82) is 0 Å². The Bertz CT molecular complexity index is 822. The molecular weight excluding hydrogens is 358 g/mol. The minimum absolute atomic E-state index is 0.000867. The zero-order valence-corrected chi connectivity index (χ0v) is 16.2. The minimum atomic E-state index is -0.229. The third-order valence-electron chi connectivity index (χ3n) is 4.99. The van der Waals surface area contributed by atoms with Gasteiger partial charge in [0.05, 0.1) is 18.4 Å². The van der Waals surface area contributed by atoms with Crippen LogP contribution in [0.15, 0.2) is 47.3 Å². The van der Waals surface area contributed by atoms with Crippen molar-refractivity contribution < 1.29 is 18.8 Å². The monoisotopic (exact) mass is 383 g/mol. The van der Waals surface area contributed by atoms with Crippen LogP contribution in [-0.2, 0) is 9.59 Å². The Morgan fingerprint density at radius 2 is 1.82 bits per heavy atom. The number of nitrogens with one attached hydrogen (secondary N) is 1. The second-order valence-corrected chi connectivity index (χ2v) is 7.19. The molecule has 0 saturated carbocycles. The zero-order chi connectivity index (χ0) is 20.1. The number of rotatable bonds is 5. The average molecular weight is 383 g/mol. The SMILES string of the molecule is Cc1ccc(NC(=O)CN(C)C(=O)C2CCN(C(=O)c3ccoc3)CC2)cc1. The average Bonchev–Trinajstić information content (AvgIpc) is 3.23. The van der Waals surface area contributed by atoms with Crippen LogP contribution in [0.4, 0.5) is 5.69 Å². The van der Waals surface area contributed by atoms with Crippen LogP contribution in [-0.4, -0.2) is 54.2 Å². The minimum Gasteiger partial charge on any atom is -0.472 e.